The molecule has 1 amide bonds. The zero-order valence-electron chi connectivity index (χ0n) is 17.1. The van der Waals surface area contributed by atoms with Gasteiger partial charge in [0, 0.05) is 12.1 Å². The molecule has 0 aromatic heterocycles. The van der Waals surface area contributed by atoms with Gasteiger partial charge in [-0.05, 0) is 64.9 Å². The van der Waals surface area contributed by atoms with Gasteiger partial charge in [0.1, 0.15) is 0 Å². The highest BCUT2D eigenvalue weighted by atomic mass is 16.4. The third kappa shape index (κ3) is 6.91. The maximum absolute atomic E-state index is 13.2. The zero-order chi connectivity index (χ0) is 19.3. The molecule has 146 valence electrons. The van der Waals surface area contributed by atoms with E-state index >= 15 is 0 Å². The van der Waals surface area contributed by atoms with Crippen LogP contribution in [0.25, 0.3) is 0 Å². The van der Waals surface area contributed by atoms with Crippen LogP contribution in [-0.2, 0) is 4.79 Å². The number of carbonyl (C=O) groups is 1. The second-order valence-corrected chi connectivity index (χ2v) is 9.01. The molecule has 0 aromatic rings. The van der Waals surface area contributed by atoms with Crippen LogP contribution in [0.2, 0.25) is 6.32 Å². The van der Waals surface area contributed by atoms with Crippen molar-refractivity contribution in [2.24, 2.45) is 17.3 Å². The molecule has 1 rings (SSSR count). The standard InChI is InChI=1S/C19H39BN2O3/c1-7-22(8-2)14-16-10-9-15(11-12-20(24)25)13-19(16,6)17(23)21-18(3,4)5/h15-16,24-25H,7-14H2,1-6H3,(H,21,23)/t15-,16?,19-/m0/s1. The number of amides is 1. The fourth-order valence-corrected chi connectivity index (χ4v) is 4.10. The minimum absolute atomic E-state index is 0.145. The summed E-state index contributed by atoms with van der Waals surface area (Å²) in [4.78, 5) is 15.6. The van der Waals surface area contributed by atoms with Gasteiger partial charge >= 0.3 is 7.12 Å². The number of hydrogen-bond acceptors (Lipinski definition) is 4. The van der Waals surface area contributed by atoms with E-state index in [1.807, 2.05) is 20.8 Å². The molecule has 1 unspecified atom stereocenters. The van der Waals surface area contributed by atoms with Crippen molar-refractivity contribution in [3.8, 4) is 0 Å². The fraction of sp³-hybridized carbons (Fsp3) is 0.947. The monoisotopic (exact) mass is 354 g/mol. The highest BCUT2D eigenvalue weighted by Gasteiger charge is 2.46. The summed E-state index contributed by atoms with van der Waals surface area (Å²) >= 11 is 0. The van der Waals surface area contributed by atoms with Crippen molar-refractivity contribution in [3.05, 3.63) is 0 Å². The van der Waals surface area contributed by atoms with E-state index in [4.69, 9.17) is 0 Å². The average Bonchev–Trinajstić information content (AvgIpc) is 2.50. The molecule has 0 radical (unpaired) electrons. The first-order valence-corrected chi connectivity index (χ1v) is 9.93. The molecule has 3 N–H and O–H groups in total. The zero-order valence-corrected chi connectivity index (χ0v) is 17.1. The van der Waals surface area contributed by atoms with E-state index < -0.39 is 12.5 Å². The summed E-state index contributed by atoms with van der Waals surface area (Å²) in [6.07, 6.45) is 4.08. The van der Waals surface area contributed by atoms with Crippen LogP contribution >= 0.6 is 0 Å². The van der Waals surface area contributed by atoms with Gasteiger partial charge < -0.3 is 20.3 Å². The van der Waals surface area contributed by atoms with E-state index in [2.05, 4.69) is 31.0 Å². The molecule has 5 nitrogen and oxygen atoms in total. The van der Waals surface area contributed by atoms with Gasteiger partial charge in [0.15, 0.2) is 0 Å². The van der Waals surface area contributed by atoms with Crippen LogP contribution < -0.4 is 5.32 Å². The molecular weight excluding hydrogens is 315 g/mol. The Morgan fingerprint density at radius 3 is 2.32 bits per heavy atom. The Bertz CT molecular complexity index is 421. The van der Waals surface area contributed by atoms with Crippen LogP contribution in [0.1, 0.15) is 67.2 Å². The maximum Gasteiger partial charge on any atom is 0.451 e. The molecule has 1 aliphatic rings. The number of rotatable bonds is 8. The Morgan fingerprint density at radius 2 is 1.84 bits per heavy atom. The van der Waals surface area contributed by atoms with Crippen molar-refractivity contribution in [1.29, 1.82) is 0 Å². The highest BCUT2D eigenvalue weighted by molar-refractivity contribution is 6.40. The third-order valence-electron chi connectivity index (χ3n) is 5.75. The van der Waals surface area contributed by atoms with Crippen molar-refractivity contribution in [2.45, 2.75) is 79.1 Å². The average molecular weight is 354 g/mol. The molecule has 25 heavy (non-hydrogen) atoms. The van der Waals surface area contributed by atoms with E-state index in [9.17, 15) is 14.8 Å². The Morgan fingerprint density at radius 1 is 1.24 bits per heavy atom. The molecule has 3 atom stereocenters. The van der Waals surface area contributed by atoms with Gasteiger partial charge in [-0.25, -0.2) is 0 Å². The molecule has 1 fully saturated rings. The van der Waals surface area contributed by atoms with Crippen molar-refractivity contribution >= 4 is 13.0 Å². The summed E-state index contributed by atoms with van der Waals surface area (Å²) < 4.78 is 0. The van der Waals surface area contributed by atoms with Crippen LogP contribution in [0, 0.1) is 17.3 Å². The summed E-state index contributed by atoms with van der Waals surface area (Å²) in [5.74, 6) is 0.863. The first kappa shape index (κ1) is 22.5. The highest BCUT2D eigenvalue weighted by Crippen LogP contribution is 2.46. The van der Waals surface area contributed by atoms with E-state index in [1.54, 1.807) is 0 Å². The lowest BCUT2D eigenvalue weighted by Crippen LogP contribution is -2.54. The summed E-state index contributed by atoms with van der Waals surface area (Å²) in [6.45, 7) is 15.5. The molecule has 0 aromatic carbocycles. The molecule has 0 bridgehead atoms. The van der Waals surface area contributed by atoms with Gasteiger partial charge in [0.25, 0.3) is 0 Å². The predicted molar refractivity (Wildman–Crippen MR) is 104 cm³/mol. The van der Waals surface area contributed by atoms with Gasteiger partial charge in [0.05, 0.1) is 5.41 Å². The van der Waals surface area contributed by atoms with Crippen LogP contribution in [0.4, 0.5) is 0 Å². The molecule has 0 spiro atoms. The molecule has 0 saturated heterocycles. The smallest absolute Gasteiger partial charge is 0.427 e. The quantitative estimate of drug-likeness (QED) is 0.586. The molecule has 1 aliphatic carbocycles. The van der Waals surface area contributed by atoms with Crippen LogP contribution in [0.15, 0.2) is 0 Å². The Labute approximate surface area is 154 Å². The Kier molecular flexibility index (Phi) is 8.43. The summed E-state index contributed by atoms with van der Waals surface area (Å²) in [5.41, 5.74) is -0.646. The topological polar surface area (TPSA) is 72.8 Å². The molecule has 1 saturated carbocycles. The number of nitrogens with one attached hydrogen (secondary N) is 1. The number of hydrogen-bond donors (Lipinski definition) is 3. The normalized spacial score (nSPS) is 27.4. The largest absolute Gasteiger partial charge is 0.451 e. The third-order valence-corrected chi connectivity index (χ3v) is 5.75. The van der Waals surface area contributed by atoms with Crippen LogP contribution in [0.5, 0.6) is 0 Å². The Balaban J connectivity index is 2.93. The van der Waals surface area contributed by atoms with Gasteiger partial charge in [-0.2, -0.15) is 0 Å². The maximum atomic E-state index is 13.2. The van der Waals surface area contributed by atoms with Gasteiger partial charge in [-0.15, -0.1) is 0 Å². The minimum Gasteiger partial charge on any atom is -0.427 e. The molecule has 0 heterocycles. The second kappa shape index (κ2) is 9.38. The van der Waals surface area contributed by atoms with E-state index in [0.717, 1.165) is 45.3 Å². The van der Waals surface area contributed by atoms with Crippen LogP contribution in [-0.4, -0.2) is 53.1 Å². The van der Waals surface area contributed by atoms with Gasteiger partial charge in [-0.1, -0.05) is 33.6 Å². The SMILES string of the molecule is CCN(CC)CC1CC[C@@H](CCB(O)O)C[C@]1(C)C(=O)NC(C)(C)C. The lowest BCUT2D eigenvalue weighted by Gasteiger charge is -2.46. The van der Waals surface area contributed by atoms with Gasteiger partial charge in [-0.3, -0.25) is 4.79 Å². The first-order chi connectivity index (χ1) is 11.5. The Hall–Kier alpha value is -0.585. The lowest BCUT2D eigenvalue weighted by molar-refractivity contribution is -0.139. The van der Waals surface area contributed by atoms with Crippen molar-refractivity contribution in [1.82, 2.24) is 10.2 Å². The minimum atomic E-state index is -1.25. The van der Waals surface area contributed by atoms with Gasteiger partial charge in [0.2, 0.25) is 5.91 Å². The van der Waals surface area contributed by atoms with Crippen molar-refractivity contribution in [2.75, 3.05) is 19.6 Å². The summed E-state index contributed by atoms with van der Waals surface area (Å²) in [7, 11) is -1.25. The second-order valence-electron chi connectivity index (χ2n) is 9.01. The predicted octanol–water partition coefficient (Wildman–Crippen LogP) is 2.53. The first-order valence-electron chi connectivity index (χ1n) is 9.93. The van der Waals surface area contributed by atoms with Crippen molar-refractivity contribution < 1.29 is 14.8 Å². The summed E-state index contributed by atoms with van der Waals surface area (Å²) in [6, 6.07) is 0. The van der Waals surface area contributed by atoms with E-state index in [-0.39, 0.29) is 11.4 Å². The van der Waals surface area contributed by atoms with E-state index in [1.165, 1.54) is 0 Å². The molecule has 0 aliphatic heterocycles. The fourth-order valence-electron chi connectivity index (χ4n) is 4.10. The number of nitrogens with zero attached hydrogens (tertiary/aromatic N) is 1. The van der Waals surface area contributed by atoms with Crippen LogP contribution in [0.3, 0.4) is 0 Å². The summed E-state index contributed by atoms with van der Waals surface area (Å²) in [5, 5.41) is 21.6. The lowest BCUT2D eigenvalue weighted by atomic mass is 9.61. The molecular formula is C19H39BN2O3. The van der Waals surface area contributed by atoms with Crippen molar-refractivity contribution in [3.63, 3.8) is 0 Å². The molecule has 6 heteroatoms. The number of carbonyl (C=O) groups excluding carboxylic acids is 1. The van der Waals surface area contributed by atoms with E-state index in [0.29, 0.717) is 18.2 Å².